The molecule has 0 fully saturated rings. The van der Waals surface area contributed by atoms with Gasteiger partial charge in [-0.1, -0.05) is 12.1 Å². The lowest BCUT2D eigenvalue weighted by Gasteiger charge is -2.30. The SMILES string of the molecule is CCOC(=O)C1=C(c2ccc(OC)cc2)C(=O)N(C(C)(C)C)C1=O. The van der Waals surface area contributed by atoms with Crippen molar-refractivity contribution < 1.29 is 23.9 Å². The topological polar surface area (TPSA) is 72.9 Å². The van der Waals surface area contributed by atoms with Crippen LogP contribution in [-0.2, 0) is 19.1 Å². The average molecular weight is 331 g/mol. The molecule has 1 aromatic rings. The first-order valence-corrected chi connectivity index (χ1v) is 7.67. The van der Waals surface area contributed by atoms with Gasteiger partial charge in [0.25, 0.3) is 11.8 Å². The van der Waals surface area contributed by atoms with Crippen molar-refractivity contribution in [2.45, 2.75) is 33.2 Å². The third kappa shape index (κ3) is 3.04. The minimum Gasteiger partial charge on any atom is -0.497 e. The van der Waals surface area contributed by atoms with E-state index in [1.807, 2.05) is 0 Å². The van der Waals surface area contributed by atoms with Gasteiger partial charge in [-0.05, 0) is 45.4 Å². The van der Waals surface area contributed by atoms with Crippen molar-refractivity contribution in [3.63, 3.8) is 0 Å². The number of nitrogens with zero attached hydrogens (tertiary/aromatic N) is 1. The number of hydrogen-bond donors (Lipinski definition) is 0. The first-order valence-electron chi connectivity index (χ1n) is 7.67. The van der Waals surface area contributed by atoms with Gasteiger partial charge in [0, 0.05) is 5.54 Å². The third-order valence-electron chi connectivity index (χ3n) is 3.61. The number of benzene rings is 1. The van der Waals surface area contributed by atoms with Crippen LogP contribution in [0.3, 0.4) is 0 Å². The number of methoxy groups -OCH3 is 1. The molecule has 0 unspecified atom stereocenters. The molecule has 2 rings (SSSR count). The summed E-state index contributed by atoms with van der Waals surface area (Å²) in [7, 11) is 1.53. The van der Waals surface area contributed by atoms with Crippen molar-refractivity contribution in [2.75, 3.05) is 13.7 Å². The lowest BCUT2D eigenvalue weighted by molar-refractivity contribution is -0.145. The Morgan fingerprint density at radius 2 is 1.67 bits per heavy atom. The zero-order chi connectivity index (χ0) is 18.1. The molecule has 128 valence electrons. The van der Waals surface area contributed by atoms with E-state index >= 15 is 0 Å². The Labute approximate surface area is 141 Å². The summed E-state index contributed by atoms with van der Waals surface area (Å²) in [5, 5.41) is 0. The first-order chi connectivity index (χ1) is 11.2. The predicted molar refractivity (Wildman–Crippen MR) is 88.2 cm³/mol. The Kier molecular flexibility index (Phi) is 4.78. The minimum atomic E-state index is -0.784. The smallest absolute Gasteiger partial charge is 0.344 e. The van der Waals surface area contributed by atoms with Crippen LogP contribution in [0.2, 0.25) is 0 Å². The first kappa shape index (κ1) is 17.7. The molecule has 1 aliphatic heterocycles. The van der Waals surface area contributed by atoms with Gasteiger partial charge in [-0.25, -0.2) is 4.79 Å². The summed E-state index contributed by atoms with van der Waals surface area (Å²) in [5.74, 6) is -1.30. The van der Waals surface area contributed by atoms with E-state index in [2.05, 4.69) is 0 Å². The van der Waals surface area contributed by atoms with Gasteiger partial charge in [-0.15, -0.1) is 0 Å². The second-order valence-corrected chi connectivity index (χ2v) is 6.32. The van der Waals surface area contributed by atoms with E-state index in [9.17, 15) is 14.4 Å². The largest absolute Gasteiger partial charge is 0.497 e. The molecule has 0 radical (unpaired) electrons. The Balaban J connectivity index is 2.60. The summed E-state index contributed by atoms with van der Waals surface area (Å²) in [4.78, 5) is 38.9. The van der Waals surface area contributed by atoms with Crippen LogP contribution in [-0.4, -0.2) is 41.9 Å². The van der Waals surface area contributed by atoms with Gasteiger partial charge >= 0.3 is 5.97 Å². The molecule has 6 nitrogen and oxygen atoms in total. The van der Waals surface area contributed by atoms with Gasteiger partial charge in [0.1, 0.15) is 11.3 Å². The molecule has 0 N–H and O–H groups in total. The number of carbonyl (C=O) groups excluding carboxylic acids is 3. The fourth-order valence-corrected chi connectivity index (χ4v) is 2.56. The number of amides is 2. The molecule has 0 aliphatic carbocycles. The molecule has 0 bridgehead atoms. The predicted octanol–water partition coefficient (Wildman–Crippen LogP) is 2.18. The summed E-state index contributed by atoms with van der Waals surface area (Å²) in [6.07, 6.45) is 0. The summed E-state index contributed by atoms with van der Waals surface area (Å²) in [6.45, 7) is 6.98. The zero-order valence-corrected chi connectivity index (χ0v) is 14.5. The highest BCUT2D eigenvalue weighted by Gasteiger charge is 2.47. The Hall–Kier alpha value is -2.63. The molecule has 0 saturated carbocycles. The van der Waals surface area contributed by atoms with Crippen LogP contribution in [0.1, 0.15) is 33.3 Å². The van der Waals surface area contributed by atoms with Crippen LogP contribution >= 0.6 is 0 Å². The number of imide groups is 1. The van der Waals surface area contributed by atoms with Crippen molar-refractivity contribution >= 4 is 23.4 Å². The van der Waals surface area contributed by atoms with Crippen molar-refractivity contribution in [3.05, 3.63) is 35.4 Å². The molecule has 6 heteroatoms. The molecule has 0 spiro atoms. The van der Waals surface area contributed by atoms with Gasteiger partial charge in [0.2, 0.25) is 0 Å². The van der Waals surface area contributed by atoms with E-state index in [-0.39, 0.29) is 17.8 Å². The molecule has 1 aromatic carbocycles. The van der Waals surface area contributed by atoms with Crippen LogP contribution in [0.5, 0.6) is 5.75 Å². The summed E-state index contributed by atoms with van der Waals surface area (Å²) >= 11 is 0. The van der Waals surface area contributed by atoms with Crippen LogP contribution in [0.15, 0.2) is 29.8 Å². The molecular weight excluding hydrogens is 310 g/mol. The Bertz CT molecular complexity index is 710. The molecule has 24 heavy (non-hydrogen) atoms. The van der Waals surface area contributed by atoms with Crippen molar-refractivity contribution in [3.8, 4) is 5.75 Å². The second kappa shape index (κ2) is 6.47. The Morgan fingerprint density at radius 3 is 2.12 bits per heavy atom. The molecular formula is C18H21NO5. The number of carbonyl (C=O) groups is 3. The van der Waals surface area contributed by atoms with E-state index in [1.54, 1.807) is 52.0 Å². The van der Waals surface area contributed by atoms with E-state index in [0.717, 1.165) is 4.90 Å². The van der Waals surface area contributed by atoms with Crippen LogP contribution in [0.4, 0.5) is 0 Å². The van der Waals surface area contributed by atoms with Crippen molar-refractivity contribution in [1.82, 2.24) is 4.90 Å². The molecule has 0 saturated heterocycles. The lowest BCUT2D eigenvalue weighted by Crippen LogP contribution is -2.46. The standard InChI is InChI=1S/C18H21NO5/c1-6-24-17(22)14-13(11-7-9-12(23-5)10-8-11)15(20)19(16(14)21)18(2,3)4/h7-10H,6H2,1-5H3. The van der Waals surface area contributed by atoms with E-state index in [0.29, 0.717) is 11.3 Å². The molecule has 2 amide bonds. The molecule has 1 heterocycles. The van der Waals surface area contributed by atoms with Crippen LogP contribution in [0, 0.1) is 0 Å². The monoisotopic (exact) mass is 331 g/mol. The summed E-state index contributed by atoms with van der Waals surface area (Å²) in [6, 6.07) is 6.63. The van der Waals surface area contributed by atoms with Crippen LogP contribution in [0.25, 0.3) is 5.57 Å². The quantitative estimate of drug-likeness (QED) is 0.480. The summed E-state index contributed by atoms with van der Waals surface area (Å²) < 4.78 is 10.1. The van der Waals surface area contributed by atoms with E-state index in [1.165, 1.54) is 7.11 Å². The van der Waals surface area contributed by atoms with Crippen molar-refractivity contribution in [1.29, 1.82) is 0 Å². The second-order valence-electron chi connectivity index (χ2n) is 6.32. The van der Waals surface area contributed by atoms with Crippen LogP contribution < -0.4 is 4.74 Å². The average Bonchev–Trinajstić information content (AvgIpc) is 2.78. The van der Waals surface area contributed by atoms with Gasteiger partial charge in [-0.2, -0.15) is 0 Å². The maximum Gasteiger partial charge on any atom is 0.344 e. The minimum absolute atomic E-state index is 0.0658. The highest BCUT2D eigenvalue weighted by Crippen LogP contribution is 2.35. The van der Waals surface area contributed by atoms with E-state index in [4.69, 9.17) is 9.47 Å². The van der Waals surface area contributed by atoms with Gasteiger partial charge in [0.15, 0.2) is 0 Å². The number of ether oxygens (including phenoxy) is 2. The third-order valence-corrected chi connectivity index (χ3v) is 3.61. The van der Waals surface area contributed by atoms with Gasteiger partial charge in [0.05, 0.1) is 19.3 Å². The number of hydrogen-bond acceptors (Lipinski definition) is 5. The molecule has 0 aromatic heterocycles. The molecule has 0 atom stereocenters. The fourth-order valence-electron chi connectivity index (χ4n) is 2.56. The highest BCUT2D eigenvalue weighted by atomic mass is 16.5. The maximum atomic E-state index is 12.8. The zero-order valence-electron chi connectivity index (χ0n) is 14.5. The number of rotatable bonds is 4. The highest BCUT2D eigenvalue weighted by molar-refractivity contribution is 6.43. The molecule has 1 aliphatic rings. The summed E-state index contributed by atoms with van der Waals surface area (Å²) in [5.41, 5.74) is -0.429. The Morgan fingerprint density at radius 1 is 1.08 bits per heavy atom. The van der Waals surface area contributed by atoms with Gasteiger partial charge in [-0.3, -0.25) is 14.5 Å². The van der Waals surface area contributed by atoms with E-state index < -0.39 is 23.3 Å². The lowest BCUT2D eigenvalue weighted by atomic mass is 10.0. The van der Waals surface area contributed by atoms with Gasteiger partial charge < -0.3 is 9.47 Å². The normalized spacial score (nSPS) is 15.1. The fraction of sp³-hybridized carbons (Fsp3) is 0.389. The maximum absolute atomic E-state index is 12.8. The van der Waals surface area contributed by atoms with Crippen molar-refractivity contribution in [2.24, 2.45) is 0 Å². The number of esters is 1.